The minimum Gasteiger partial charge on any atom is -0.379 e. The van der Waals surface area contributed by atoms with Gasteiger partial charge in [0.15, 0.2) is 0 Å². The predicted octanol–water partition coefficient (Wildman–Crippen LogP) is 0.692. The number of carbonyl (C=O) groups is 1. The lowest BCUT2D eigenvalue weighted by Gasteiger charge is -2.25. The summed E-state index contributed by atoms with van der Waals surface area (Å²) >= 11 is 0. The Morgan fingerprint density at radius 3 is 3.06 bits per heavy atom. The van der Waals surface area contributed by atoms with Gasteiger partial charge in [0.25, 0.3) is 0 Å². The fourth-order valence-corrected chi connectivity index (χ4v) is 1.80. The fourth-order valence-electron chi connectivity index (χ4n) is 1.80. The number of carbonyl (C=O) groups excluding carboxylic acids is 1. The highest BCUT2D eigenvalue weighted by Crippen LogP contribution is 2.29. The monoisotopic (exact) mass is 235 g/mol. The van der Waals surface area contributed by atoms with Crippen molar-refractivity contribution in [3.8, 4) is 0 Å². The molecule has 0 aromatic carbocycles. The van der Waals surface area contributed by atoms with Crippen molar-refractivity contribution in [2.75, 3.05) is 18.5 Å². The second-order valence-corrected chi connectivity index (χ2v) is 4.68. The molecule has 1 aromatic heterocycles. The average Bonchev–Trinajstić information content (AvgIpc) is 2.64. The average molecular weight is 235 g/mol. The zero-order valence-corrected chi connectivity index (χ0v) is 10.1. The van der Waals surface area contributed by atoms with Crippen molar-refractivity contribution in [2.45, 2.75) is 19.9 Å². The molecule has 1 fully saturated rings. The maximum atomic E-state index is 12.2. The summed E-state index contributed by atoms with van der Waals surface area (Å²) in [6.07, 6.45) is 3.36. The Bertz CT molecular complexity index is 436. The summed E-state index contributed by atoms with van der Waals surface area (Å²) in [5, 5.41) is 2.88. The predicted molar refractivity (Wildman–Crippen MR) is 64.5 cm³/mol. The summed E-state index contributed by atoms with van der Waals surface area (Å²) in [5.41, 5.74) is 6.95. The number of pyridine rings is 1. The molecule has 1 saturated heterocycles. The Kier molecular flexibility index (Phi) is 3.13. The molecule has 1 amide bonds. The van der Waals surface area contributed by atoms with Crippen molar-refractivity contribution in [1.82, 2.24) is 4.98 Å². The number of nitrogens with zero attached hydrogens (tertiary/aromatic N) is 1. The van der Waals surface area contributed by atoms with Crippen LogP contribution in [0.4, 0.5) is 5.69 Å². The van der Waals surface area contributed by atoms with E-state index in [9.17, 15) is 4.79 Å². The van der Waals surface area contributed by atoms with Crippen LogP contribution in [-0.2, 0) is 9.53 Å². The highest BCUT2D eigenvalue weighted by atomic mass is 16.5. The number of nitrogens with one attached hydrogen (secondary N) is 1. The van der Waals surface area contributed by atoms with Crippen molar-refractivity contribution < 1.29 is 9.53 Å². The lowest BCUT2D eigenvalue weighted by atomic mass is 9.84. The SMILES string of the molecule is Cc1cnccc1NC(=O)C1(C)COCC1N. The normalized spacial score (nSPS) is 28.1. The van der Waals surface area contributed by atoms with Crippen LogP contribution in [0.5, 0.6) is 0 Å². The number of aromatic nitrogens is 1. The standard InChI is InChI=1S/C12H17N3O2/c1-8-5-14-4-3-9(8)15-11(16)12(2)7-17-6-10(12)13/h3-5,10H,6-7,13H2,1-2H3,(H,14,15,16). The number of ether oxygens (including phenoxy) is 1. The van der Waals surface area contributed by atoms with Gasteiger partial charge in [-0.3, -0.25) is 9.78 Å². The van der Waals surface area contributed by atoms with Crippen molar-refractivity contribution in [1.29, 1.82) is 0 Å². The van der Waals surface area contributed by atoms with Gasteiger partial charge in [-0.15, -0.1) is 0 Å². The Balaban J connectivity index is 2.15. The summed E-state index contributed by atoms with van der Waals surface area (Å²) in [6.45, 7) is 4.52. The summed E-state index contributed by atoms with van der Waals surface area (Å²) < 4.78 is 5.26. The lowest BCUT2D eigenvalue weighted by molar-refractivity contribution is -0.125. The summed E-state index contributed by atoms with van der Waals surface area (Å²) in [5.74, 6) is -0.100. The number of hydrogen-bond acceptors (Lipinski definition) is 4. The maximum Gasteiger partial charge on any atom is 0.234 e. The number of anilines is 1. The van der Waals surface area contributed by atoms with Gasteiger partial charge in [-0.05, 0) is 25.5 Å². The van der Waals surface area contributed by atoms with Crippen LogP contribution >= 0.6 is 0 Å². The molecule has 0 bridgehead atoms. The molecule has 17 heavy (non-hydrogen) atoms. The molecule has 2 heterocycles. The minimum absolute atomic E-state index is 0.100. The van der Waals surface area contributed by atoms with E-state index in [-0.39, 0.29) is 11.9 Å². The highest BCUT2D eigenvalue weighted by Gasteiger charge is 2.44. The van der Waals surface area contributed by atoms with Gasteiger partial charge in [-0.1, -0.05) is 0 Å². The molecule has 92 valence electrons. The Morgan fingerprint density at radius 1 is 1.71 bits per heavy atom. The van der Waals surface area contributed by atoms with Crippen LogP contribution in [0.25, 0.3) is 0 Å². The molecule has 1 aliphatic rings. The maximum absolute atomic E-state index is 12.2. The zero-order valence-electron chi connectivity index (χ0n) is 10.1. The molecule has 2 rings (SSSR count). The molecule has 2 atom stereocenters. The van der Waals surface area contributed by atoms with Crippen molar-refractivity contribution in [3.05, 3.63) is 24.0 Å². The van der Waals surface area contributed by atoms with Crippen LogP contribution in [0.2, 0.25) is 0 Å². The molecule has 0 radical (unpaired) electrons. The van der Waals surface area contributed by atoms with Gasteiger partial charge in [-0.2, -0.15) is 0 Å². The van der Waals surface area contributed by atoms with Gasteiger partial charge in [0.1, 0.15) is 0 Å². The first-order chi connectivity index (χ1) is 8.04. The van der Waals surface area contributed by atoms with Gasteiger partial charge in [0, 0.05) is 24.1 Å². The van der Waals surface area contributed by atoms with Crippen molar-refractivity contribution >= 4 is 11.6 Å². The van der Waals surface area contributed by atoms with Gasteiger partial charge >= 0.3 is 0 Å². The van der Waals surface area contributed by atoms with Crippen LogP contribution < -0.4 is 11.1 Å². The molecule has 0 aliphatic carbocycles. The number of nitrogens with two attached hydrogens (primary N) is 1. The van der Waals surface area contributed by atoms with Gasteiger partial charge in [0.05, 0.1) is 18.6 Å². The number of hydrogen-bond donors (Lipinski definition) is 2. The smallest absolute Gasteiger partial charge is 0.234 e. The van der Waals surface area contributed by atoms with Gasteiger partial charge in [0.2, 0.25) is 5.91 Å². The molecule has 3 N–H and O–H groups in total. The lowest BCUT2D eigenvalue weighted by Crippen LogP contribution is -2.47. The second kappa shape index (κ2) is 4.43. The summed E-state index contributed by atoms with van der Waals surface area (Å²) in [7, 11) is 0. The first kappa shape index (κ1) is 12.0. The Hall–Kier alpha value is -1.46. The third kappa shape index (κ3) is 2.16. The van der Waals surface area contributed by atoms with Crippen molar-refractivity contribution in [2.24, 2.45) is 11.1 Å². The first-order valence-corrected chi connectivity index (χ1v) is 5.59. The number of amides is 1. The highest BCUT2D eigenvalue weighted by molar-refractivity contribution is 5.96. The fraction of sp³-hybridized carbons (Fsp3) is 0.500. The van der Waals surface area contributed by atoms with Crippen LogP contribution in [0.3, 0.4) is 0 Å². The van der Waals surface area contributed by atoms with Crippen LogP contribution in [0.15, 0.2) is 18.5 Å². The third-order valence-electron chi connectivity index (χ3n) is 3.30. The molecule has 1 aromatic rings. The minimum atomic E-state index is -0.657. The Labute approximate surface area is 100 Å². The van der Waals surface area contributed by atoms with Gasteiger partial charge < -0.3 is 15.8 Å². The number of aryl methyl sites for hydroxylation is 1. The van der Waals surface area contributed by atoms with Gasteiger partial charge in [-0.25, -0.2) is 0 Å². The van der Waals surface area contributed by atoms with E-state index < -0.39 is 5.41 Å². The van der Waals surface area contributed by atoms with E-state index in [1.165, 1.54) is 0 Å². The van der Waals surface area contributed by atoms with E-state index in [0.717, 1.165) is 11.3 Å². The molecule has 0 saturated carbocycles. The van der Waals surface area contributed by atoms with E-state index in [1.54, 1.807) is 18.5 Å². The molecule has 5 nitrogen and oxygen atoms in total. The molecular formula is C12H17N3O2. The van der Waals surface area contributed by atoms with Crippen molar-refractivity contribution in [3.63, 3.8) is 0 Å². The van der Waals surface area contributed by atoms with Crippen LogP contribution in [0.1, 0.15) is 12.5 Å². The van der Waals surface area contributed by atoms with E-state index >= 15 is 0 Å². The summed E-state index contributed by atoms with van der Waals surface area (Å²) in [4.78, 5) is 16.2. The second-order valence-electron chi connectivity index (χ2n) is 4.68. The van der Waals surface area contributed by atoms with Crippen LogP contribution in [0, 0.1) is 12.3 Å². The van der Waals surface area contributed by atoms with E-state index in [4.69, 9.17) is 10.5 Å². The quantitative estimate of drug-likeness (QED) is 0.790. The molecule has 2 unspecified atom stereocenters. The molecular weight excluding hydrogens is 218 g/mol. The van der Waals surface area contributed by atoms with E-state index in [2.05, 4.69) is 10.3 Å². The first-order valence-electron chi connectivity index (χ1n) is 5.59. The zero-order chi connectivity index (χ0) is 12.5. The summed E-state index contributed by atoms with van der Waals surface area (Å²) in [6, 6.07) is 1.52. The third-order valence-corrected chi connectivity index (χ3v) is 3.30. The molecule has 0 spiro atoms. The topological polar surface area (TPSA) is 77.2 Å². The van der Waals surface area contributed by atoms with E-state index in [0.29, 0.717) is 13.2 Å². The molecule has 5 heteroatoms. The van der Waals surface area contributed by atoms with Crippen LogP contribution in [-0.4, -0.2) is 30.1 Å². The van der Waals surface area contributed by atoms with E-state index in [1.807, 2.05) is 13.8 Å². The largest absolute Gasteiger partial charge is 0.379 e. The molecule has 1 aliphatic heterocycles. The number of rotatable bonds is 2. The Morgan fingerprint density at radius 2 is 2.47 bits per heavy atom.